The maximum atomic E-state index is 10.9. The summed E-state index contributed by atoms with van der Waals surface area (Å²) in [7, 11) is 0. The number of hydrogen-bond donors (Lipinski definition) is 2. The van der Waals surface area contributed by atoms with E-state index in [9.17, 15) is 5.11 Å². The summed E-state index contributed by atoms with van der Waals surface area (Å²) in [6.45, 7) is 0. The zero-order valence-electron chi connectivity index (χ0n) is 15.4. The molecule has 2 aliphatic carbocycles. The topological polar surface area (TPSA) is 70.9 Å². The molecule has 0 spiro atoms. The van der Waals surface area contributed by atoms with Gasteiger partial charge < -0.3 is 10.4 Å². The van der Waals surface area contributed by atoms with Crippen LogP contribution in [0.2, 0.25) is 0 Å². The first-order valence-electron chi connectivity index (χ1n) is 10.0. The van der Waals surface area contributed by atoms with E-state index in [0.29, 0.717) is 11.8 Å². The molecule has 3 aromatic rings. The van der Waals surface area contributed by atoms with Crippen LogP contribution in [0.4, 0.5) is 5.82 Å². The third-order valence-electron chi connectivity index (χ3n) is 6.04. The number of benzene rings is 1. The van der Waals surface area contributed by atoms with E-state index in [4.69, 9.17) is 0 Å². The number of anilines is 1. The number of aromatic nitrogens is 3. The number of nitrogens with zero attached hydrogens (tertiary/aromatic N) is 3. The molecule has 0 radical (unpaired) electrons. The largest absolute Gasteiger partial charge is 0.507 e. The highest BCUT2D eigenvalue weighted by Gasteiger charge is 2.22. The minimum atomic E-state index is 0.366. The maximum absolute atomic E-state index is 10.9. The molecule has 1 aromatic carbocycles. The molecule has 0 unspecified atom stereocenters. The van der Waals surface area contributed by atoms with Crippen molar-refractivity contribution in [3.8, 4) is 17.0 Å². The molecule has 0 aliphatic heterocycles. The van der Waals surface area contributed by atoms with Gasteiger partial charge in [0.1, 0.15) is 11.4 Å². The average molecular weight is 360 g/mol. The lowest BCUT2D eigenvalue weighted by Crippen LogP contribution is -2.23. The standard InChI is InChI=1S/C22H24N4O/c27-21-16-8-4-5-14(16)9-10-18(21)20-17-11-12-23-13-19(17)22(26-25-20)24-15-6-2-1-3-7-15/h9-13,15,27H,1-8H2,(H,24,26). The van der Waals surface area contributed by atoms with Crippen molar-refractivity contribution in [1.29, 1.82) is 0 Å². The van der Waals surface area contributed by atoms with Crippen LogP contribution in [0.3, 0.4) is 0 Å². The van der Waals surface area contributed by atoms with Crippen molar-refractivity contribution in [2.75, 3.05) is 5.32 Å². The second-order valence-corrected chi connectivity index (χ2v) is 7.75. The van der Waals surface area contributed by atoms with Gasteiger partial charge in [0.25, 0.3) is 0 Å². The fourth-order valence-electron chi connectivity index (χ4n) is 4.58. The summed E-state index contributed by atoms with van der Waals surface area (Å²) in [6, 6.07) is 6.53. The van der Waals surface area contributed by atoms with Crippen LogP contribution in [-0.4, -0.2) is 26.3 Å². The highest BCUT2D eigenvalue weighted by molar-refractivity contribution is 6.00. The Bertz CT molecular complexity index is 995. The molecule has 2 aromatic heterocycles. The minimum absolute atomic E-state index is 0.366. The molecule has 5 heteroatoms. The number of phenolic OH excluding ortho intramolecular Hbond substituents is 1. The molecule has 1 saturated carbocycles. The van der Waals surface area contributed by atoms with Crippen LogP contribution in [0.5, 0.6) is 5.75 Å². The molecule has 0 saturated heterocycles. The van der Waals surface area contributed by atoms with Gasteiger partial charge in [0.2, 0.25) is 0 Å². The van der Waals surface area contributed by atoms with E-state index in [1.807, 2.05) is 18.3 Å². The van der Waals surface area contributed by atoms with E-state index in [0.717, 1.165) is 52.7 Å². The predicted octanol–water partition coefficient (Wildman–Crippen LogP) is 4.63. The lowest BCUT2D eigenvalue weighted by molar-refractivity contribution is 0.462. The first-order chi connectivity index (χ1) is 13.3. The Balaban J connectivity index is 1.60. The fraction of sp³-hybridized carbons (Fsp3) is 0.409. The zero-order valence-corrected chi connectivity index (χ0v) is 15.4. The Labute approximate surface area is 158 Å². The lowest BCUT2D eigenvalue weighted by atomic mass is 9.95. The highest BCUT2D eigenvalue weighted by Crippen LogP contribution is 2.40. The molecule has 5 nitrogen and oxygen atoms in total. The number of pyridine rings is 1. The van der Waals surface area contributed by atoms with Crippen molar-refractivity contribution in [3.63, 3.8) is 0 Å². The number of phenols is 1. The third-order valence-corrected chi connectivity index (χ3v) is 6.04. The normalized spacial score (nSPS) is 17.2. The number of rotatable bonds is 3. The number of aromatic hydroxyl groups is 1. The molecule has 5 rings (SSSR count). The molecule has 138 valence electrons. The summed E-state index contributed by atoms with van der Waals surface area (Å²) in [6.07, 6.45) is 12.9. The quantitative estimate of drug-likeness (QED) is 0.712. The number of hydrogen-bond acceptors (Lipinski definition) is 5. The minimum Gasteiger partial charge on any atom is -0.507 e. The van der Waals surface area contributed by atoms with E-state index >= 15 is 0 Å². The van der Waals surface area contributed by atoms with Crippen molar-refractivity contribution >= 4 is 16.6 Å². The molecule has 2 aliphatic rings. The van der Waals surface area contributed by atoms with Gasteiger partial charge in [0, 0.05) is 34.8 Å². The number of fused-ring (bicyclic) bond motifs is 2. The lowest BCUT2D eigenvalue weighted by Gasteiger charge is -2.23. The van der Waals surface area contributed by atoms with Crippen molar-refractivity contribution in [2.24, 2.45) is 0 Å². The van der Waals surface area contributed by atoms with Crippen LogP contribution in [0, 0.1) is 0 Å². The fourth-order valence-corrected chi connectivity index (χ4v) is 4.58. The van der Waals surface area contributed by atoms with Crippen molar-refractivity contribution in [3.05, 3.63) is 41.7 Å². The van der Waals surface area contributed by atoms with Gasteiger partial charge in [-0.05, 0) is 55.4 Å². The smallest absolute Gasteiger partial charge is 0.158 e. The molecule has 0 atom stereocenters. The average Bonchev–Trinajstić information content (AvgIpc) is 3.20. The SMILES string of the molecule is Oc1c(-c2nnc(NC3CCCCC3)c3cnccc23)ccc2c1CCC2. The van der Waals surface area contributed by atoms with Gasteiger partial charge in [-0.2, -0.15) is 0 Å². The first kappa shape index (κ1) is 16.5. The van der Waals surface area contributed by atoms with Crippen LogP contribution in [-0.2, 0) is 12.8 Å². The summed E-state index contributed by atoms with van der Waals surface area (Å²) in [5, 5.41) is 25.4. The van der Waals surface area contributed by atoms with Crippen molar-refractivity contribution in [1.82, 2.24) is 15.2 Å². The van der Waals surface area contributed by atoms with E-state index in [1.54, 1.807) is 6.20 Å². The maximum Gasteiger partial charge on any atom is 0.158 e. The van der Waals surface area contributed by atoms with E-state index < -0.39 is 0 Å². The van der Waals surface area contributed by atoms with E-state index in [2.05, 4.69) is 26.6 Å². The van der Waals surface area contributed by atoms with Crippen LogP contribution in [0.25, 0.3) is 22.0 Å². The summed E-state index contributed by atoms with van der Waals surface area (Å²) < 4.78 is 0. The van der Waals surface area contributed by atoms with Gasteiger partial charge in [-0.25, -0.2) is 0 Å². The Morgan fingerprint density at radius 2 is 1.81 bits per heavy atom. The molecule has 2 heterocycles. The van der Waals surface area contributed by atoms with Gasteiger partial charge >= 0.3 is 0 Å². The van der Waals surface area contributed by atoms with Gasteiger partial charge in [0.15, 0.2) is 5.82 Å². The Hall–Kier alpha value is -2.69. The highest BCUT2D eigenvalue weighted by atomic mass is 16.3. The van der Waals surface area contributed by atoms with E-state index in [-0.39, 0.29) is 0 Å². The summed E-state index contributed by atoms with van der Waals surface area (Å²) in [4.78, 5) is 4.31. The van der Waals surface area contributed by atoms with Crippen LogP contribution < -0.4 is 5.32 Å². The van der Waals surface area contributed by atoms with Gasteiger partial charge in [0.05, 0.1) is 0 Å². The second-order valence-electron chi connectivity index (χ2n) is 7.75. The second kappa shape index (κ2) is 6.80. The predicted molar refractivity (Wildman–Crippen MR) is 107 cm³/mol. The number of aryl methyl sites for hydroxylation is 1. The van der Waals surface area contributed by atoms with Crippen LogP contribution in [0.1, 0.15) is 49.7 Å². The molecule has 2 N–H and O–H groups in total. The zero-order chi connectivity index (χ0) is 18.2. The van der Waals surface area contributed by atoms with Gasteiger partial charge in [-0.3, -0.25) is 4.98 Å². The molecule has 0 amide bonds. The van der Waals surface area contributed by atoms with E-state index in [1.165, 1.54) is 37.7 Å². The first-order valence-corrected chi connectivity index (χ1v) is 10.0. The molecule has 27 heavy (non-hydrogen) atoms. The monoisotopic (exact) mass is 360 g/mol. The molecule has 1 fully saturated rings. The van der Waals surface area contributed by atoms with Crippen LogP contribution >= 0.6 is 0 Å². The molecule has 0 bridgehead atoms. The summed E-state index contributed by atoms with van der Waals surface area (Å²) in [5.41, 5.74) is 3.82. The Morgan fingerprint density at radius 1 is 0.926 bits per heavy atom. The van der Waals surface area contributed by atoms with Gasteiger partial charge in [-0.1, -0.05) is 25.3 Å². The van der Waals surface area contributed by atoms with Crippen molar-refractivity contribution in [2.45, 2.75) is 57.4 Å². The summed E-state index contributed by atoms with van der Waals surface area (Å²) >= 11 is 0. The Morgan fingerprint density at radius 3 is 2.70 bits per heavy atom. The van der Waals surface area contributed by atoms with Crippen LogP contribution in [0.15, 0.2) is 30.6 Å². The molecular weight excluding hydrogens is 336 g/mol. The van der Waals surface area contributed by atoms with Gasteiger partial charge in [-0.15, -0.1) is 10.2 Å². The molecular formula is C22H24N4O. The van der Waals surface area contributed by atoms with Crippen molar-refractivity contribution < 1.29 is 5.11 Å². The number of nitrogens with one attached hydrogen (secondary N) is 1. The summed E-state index contributed by atoms with van der Waals surface area (Å²) in [5.74, 6) is 1.17. The Kier molecular flexibility index (Phi) is 4.15. The third kappa shape index (κ3) is 2.91.